The van der Waals surface area contributed by atoms with Crippen LogP contribution in [0, 0.1) is 0 Å². The second-order valence-electron chi connectivity index (χ2n) is 4.23. The van der Waals surface area contributed by atoms with Crippen LogP contribution in [0.25, 0.3) is 11.0 Å². The molecule has 0 aliphatic rings. The molecule has 8 nitrogen and oxygen atoms in total. The Morgan fingerprint density at radius 3 is 2.89 bits per heavy atom. The molecule has 0 amide bonds. The van der Waals surface area contributed by atoms with Crippen LogP contribution in [0.15, 0.2) is 6.20 Å². The van der Waals surface area contributed by atoms with Crippen molar-refractivity contribution in [3.63, 3.8) is 0 Å². The van der Waals surface area contributed by atoms with Crippen LogP contribution in [0.1, 0.15) is 12.7 Å². The van der Waals surface area contributed by atoms with Gasteiger partial charge >= 0.3 is 0 Å². The van der Waals surface area contributed by atoms with Crippen molar-refractivity contribution < 1.29 is 5.11 Å². The zero-order valence-electron chi connectivity index (χ0n) is 11.2. The number of anilines is 1. The third kappa shape index (κ3) is 2.80. The fraction of sp³-hybridized carbons (Fsp3) is 0.545. The summed E-state index contributed by atoms with van der Waals surface area (Å²) in [5.74, 6) is 6.70. The third-order valence-corrected chi connectivity index (χ3v) is 3.00. The van der Waals surface area contributed by atoms with E-state index in [9.17, 15) is 0 Å². The first-order chi connectivity index (χ1) is 9.19. The normalized spacial score (nSPS) is 11.4. The Hall–Kier alpha value is -1.77. The van der Waals surface area contributed by atoms with E-state index in [4.69, 9.17) is 10.9 Å². The standard InChI is InChI=1S/C11H19N7O/c1-3-18(4-5-19)7-9-14-10(16-12)8-6-13-17(2)11(8)15-9/h6,19H,3-5,7,12H2,1-2H3,(H,14,15,16). The van der Waals surface area contributed by atoms with Gasteiger partial charge in [0.15, 0.2) is 11.5 Å². The molecule has 2 aromatic heterocycles. The second-order valence-corrected chi connectivity index (χ2v) is 4.23. The summed E-state index contributed by atoms with van der Waals surface area (Å²) in [6.07, 6.45) is 1.68. The number of aliphatic hydroxyl groups is 1. The Morgan fingerprint density at radius 1 is 1.47 bits per heavy atom. The number of nitrogens with two attached hydrogens (primary N) is 1. The minimum Gasteiger partial charge on any atom is -0.395 e. The van der Waals surface area contributed by atoms with Gasteiger partial charge in [0.25, 0.3) is 0 Å². The van der Waals surface area contributed by atoms with Gasteiger partial charge in [-0.1, -0.05) is 6.92 Å². The maximum atomic E-state index is 9.00. The number of nitrogen functional groups attached to an aromatic ring is 1. The molecule has 0 fully saturated rings. The molecule has 0 saturated heterocycles. The fourth-order valence-corrected chi connectivity index (χ4v) is 1.94. The summed E-state index contributed by atoms with van der Waals surface area (Å²) >= 11 is 0. The topological polar surface area (TPSA) is 105 Å². The summed E-state index contributed by atoms with van der Waals surface area (Å²) in [6, 6.07) is 0. The number of aromatic nitrogens is 4. The lowest BCUT2D eigenvalue weighted by Gasteiger charge is -2.18. The Morgan fingerprint density at radius 2 is 2.26 bits per heavy atom. The van der Waals surface area contributed by atoms with Gasteiger partial charge in [0.1, 0.15) is 5.82 Å². The van der Waals surface area contributed by atoms with Crippen molar-refractivity contribution in [3.8, 4) is 0 Å². The molecule has 0 aliphatic heterocycles. The van der Waals surface area contributed by atoms with Crippen LogP contribution in [-0.4, -0.2) is 49.5 Å². The predicted octanol–water partition coefficient (Wildman–Crippen LogP) is -0.537. The molecule has 2 aromatic rings. The predicted molar refractivity (Wildman–Crippen MR) is 72.2 cm³/mol. The first kappa shape index (κ1) is 13.7. The van der Waals surface area contributed by atoms with Crippen molar-refractivity contribution in [2.75, 3.05) is 25.1 Å². The molecule has 2 heterocycles. The molecule has 0 saturated carbocycles. The van der Waals surface area contributed by atoms with Gasteiger partial charge < -0.3 is 10.5 Å². The highest BCUT2D eigenvalue weighted by Crippen LogP contribution is 2.18. The molecular formula is C11H19N7O. The van der Waals surface area contributed by atoms with Gasteiger partial charge in [-0.15, -0.1) is 0 Å². The van der Waals surface area contributed by atoms with Gasteiger partial charge in [0, 0.05) is 13.6 Å². The number of aryl methyl sites for hydroxylation is 1. The van der Waals surface area contributed by atoms with Crippen molar-refractivity contribution in [1.82, 2.24) is 24.6 Å². The maximum absolute atomic E-state index is 9.00. The van der Waals surface area contributed by atoms with Crippen LogP contribution < -0.4 is 11.3 Å². The molecule has 0 atom stereocenters. The molecule has 19 heavy (non-hydrogen) atoms. The van der Waals surface area contributed by atoms with E-state index in [0.29, 0.717) is 24.7 Å². The van der Waals surface area contributed by atoms with E-state index < -0.39 is 0 Å². The minimum absolute atomic E-state index is 0.115. The second kappa shape index (κ2) is 5.91. The molecule has 8 heteroatoms. The van der Waals surface area contributed by atoms with Crippen molar-refractivity contribution in [2.24, 2.45) is 12.9 Å². The molecule has 0 spiro atoms. The first-order valence-electron chi connectivity index (χ1n) is 6.18. The summed E-state index contributed by atoms with van der Waals surface area (Å²) in [5, 5.41) is 13.9. The Bertz CT molecular complexity index is 553. The highest BCUT2D eigenvalue weighted by molar-refractivity contribution is 5.86. The van der Waals surface area contributed by atoms with Gasteiger partial charge in [-0.25, -0.2) is 15.8 Å². The number of nitrogens with one attached hydrogen (secondary N) is 1. The lowest BCUT2D eigenvalue weighted by Crippen LogP contribution is -2.27. The van der Waals surface area contributed by atoms with E-state index in [0.717, 1.165) is 17.6 Å². The lowest BCUT2D eigenvalue weighted by atomic mass is 10.3. The summed E-state index contributed by atoms with van der Waals surface area (Å²) in [4.78, 5) is 10.9. The molecule has 0 aliphatic carbocycles. The fourth-order valence-electron chi connectivity index (χ4n) is 1.94. The number of aliphatic hydroxyl groups excluding tert-OH is 1. The van der Waals surface area contributed by atoms with Crippen LogP contribution in [0.2, 0.25) is 0 Å². The van der Waals surface area contributed by atoms with Crippen molar-refractivity contribution >= 4 is 16.9 Å². The summed E-state index contributed by atoms with van der Waals surface area (Å²) in [5.41, 5.74) is 3.31. The Labute approximate surface area is 111 Å². The van der Waals surface area contributed by atoms with E-state index in [1.165, 1.54) is 0 Å². The lowest BCUT2D eigenvalue weighted by molar-refractivity contribution is 0.194. The number of hydrogen-bond acceptors (Lipinski definition) is 7. The van der Waals surface area contributed by atoms with Gasteiger partial charge in [-0.05, 0) is 6.54 Å². The third-order valence-electron chi connectivity index (χ3n) is 3.00. The van der Waals surface area contributed by atoms with Crippen LogP contribution in [0.5, 0.6) is 0 Å². The van der Waals surface area contributed by atoms with Crippen molar-refractivity contribution in [2.45, 2.75) is 13.5 Å². The number of rotatable bonds is 6. The smallest absolute Gasteiger partial charge is 0.163 e. The number of hydrazine groups is 1. The molecule has 0 bridgehead atoms. The minimum atomic E-state index is 0.115. The molecular weight excluding hydrogens is 246 g/mol. The van der Waals surface area contributed by atoms with Crippen LogP contribution in [0.4, 0.5) is 5.82 Å². The van der Waals surface area contributed by atoms with E-state index in [1.54, 1.807) is 10.9 Å². The molecule has 4 N–H and O–H groups in total. The highest BCUT2D eigenvalue weighted by atomic mass is 16.3. The zero-order chi connectivity index (χ0) is 13.8. The molecule has 104 valence electrons. The quantitative estimate of drug-likeness (QED) is 0.476. The van der Waals surface area contributed by atoms with Crippen LogP contribution in [-0.2, 0) is 13.6 Å². The number of hydrogen-bond donors (Lipinski definition) is 3. The van der Waals surface area contributed by atoms with Gasteiger partial charge in [0.2, 0.25) is 0 Å². The SMILES string of the molecule is CCN(CCO)Cc1nc(NN)c2cnn(C)c2n1. The van der Waals surface area contributed by atoms with E-state index >= 15 is 0 Å². The first-order valence-corrected chi connectivity index (χ1v) is 6.18. The van der Waals surface area contributed by atoms with E-state index in [-0.39, 0.29) is 6.61 Å². The number of nitrogens with zero attached hydrogens (tertiary/aromatic N) is 5. The molecule has 0 unspecified atom stereocenters. The highest BCUT2D eigenvalue weighted by Gasteiger charge is 2.12. The van der Waals surface area contributed by atoms with Crippen molar-refractivity contribution in [1.29, 1.82) is 0 Å². The molecule has 0 aromatic carbocycles. The average Bonchev–Trinajstić information content (AvgIpc) is 2.79. The number of fused-ring (bicyclic) bond motifs is 1. The van der Waals surface area contributed by atoms with Gasteiger partial charge in [-0.2, -0.15) is 5.10 Å². The maximum Gasteiger partial charge on any atom is 0.163 e. The number of likely N-dealkylation sites (N-methyl/N-ethyl adjacent to an activating group) is 1. The zero-order valence-corrected chi connectivity index (χ0v) is 11.2. The monoisotopic (exact) mass is 265 g/mol. The van der Waals surface area contributed by atoms with Crippen LogP contribution in [0.3, 0.4) is 0 Å². The summed E-state index contributed by atoms with van der Waals surface area (Å²) in [6.45, 7) is 4.12. The summed E-state index contributed by atoms with van der Waals surface area (Å²) in [7, 11) is 1.82. The van der Waals surface area contributed by atoms with Crippen molar-refractivity contribution in [3.05, 3.63) is 12.0 Å². The van der Waals surface area contributed by atoms with E-state index in [2.05, 4.69) is 25.4 Å². The molecule has 0 radical (unpaired) electrons. The molecule has 2 rings (SSSR count). The van der Waals surface area contributed by atoms with Gasteiger partial charge in [0.05, 0.1) is 24.7 Å². The van der Waals surface area contributed by atoms with Crippen LogP contribution >= 0.6 is 0 Å². The Balaban J connectivity index is 2.35. The Kier molecular flexibility index (Phi) is 4.25. The average molecular weight is 265 g/mol. The summed E-state index contributed by atoms with van der Waals surface area (Å²) < 4.78 is 1.68. The largest absolute Gasteiger partial charge is 0.395 e. The van der Waals surface area contributed by atoms with E-state index in [1.807, 2.05) is 14.0 Å². The van der Waals surface area contributed by atoms with Gasteiger partial charge in [-0.3, -0.25) is 9.58 Å².